The highest BCUT2D eigenvalue weighted by atomic mass is 16.5. The van der Waals surface area contributed by atoms with Gasteiger partial charge in [-0.3, -0.25) is 9.59 Å². The molecule has 7 heteroatoms. The lowest BCUT2D eigenvalue weighted by Gasteiger charge is -2.12. The van der Waals surface area contributed by atoms with E-state index in [4.69, 9.17) is 9.47 Å². The van der Waals surface area contributed by atoms with Gasteiger partial charge >= 0.3 is 5.97 Å². The zero-order valence-corrected chi connectivity index (χ0v) is 15.7. The first-order valence-corrected chi connectivity index (χ1v) is 8.29. The second kappa shape index (κ2) is 8.84. The van der Waals surface area contributed by atoms with Crippen LogP contribution in [0.4, 0.5) is 11.4 Å². The predicted molar refractivity (Wildman–Crippen MR) is 102 cm³/mol. The largest absolute Gasteiger partial charge is 0.496 e. The van der Waals surface area contributed by atoms with E-state index in [0.29, 0.717) is 17.1 Å². The summed E-state index contributed by atoms with van der Waals surface area (Å²) in [5.74, 6) is -0.547. The highest BCUT2D eigenvalue weighted by Crippen LogP contribution is 2.23. The van der Waals surface area contributed by atoms with Crippen molar-refractivity contribution in [2.24, 2.45) is 0 Å². The molecule has 142 valence electrons. The summed E-state index contributed by atoms with van der Waals surface area (Å²) in [5.41, 5.74) is 2.73. The third kappa shape index (κ3) is 5.85. The molecule has 0 aliphatic carbocycles. The van der Waals surface area contributed by atoms with Gasteiger partial charge < -0.3 is 20.1 Å². The Morgan fingerprint density at radius 1 is 0.926 bits per heavy atom. The van der Waals surface area contributed by atoms with E-state index < -0.39 is 5.97 Å². The Balaban J connectivity index is 2.22. The quantitative estimate of drug-likeness (QED) is 0.761. The summed E-state index contributed by atoms with van der Waals surface area (Å²) in [6.45, 7) is 4.67. The van der Waals surface area contributed by atoms with Gasteiger partial charge in [0.2, 0.25) is 11.8 Å². The van der Waals surface area contributed by atoms with Crippen LogP contribution >= 0.6 is 0 Å². The van der Waals surface area contributed by atoms with Gasteiger partial charge in [-0.2, -0.15) is 0 Å². The maximum Gasteiger partial charge on any atom is 0.338 e. The minimum atomic E-state index is -0.586. The maximum atomic E-state index is 12.5. The number of methoxy groups -OCH3 is 1. The Kier molecular flexibility index (Phi) is 6.54. The van der Waals surface area contributed by atoms with Crippen molar-refractivity contribution in [3.05, 3.63) is 53.1 Å². The first-order chi connectivity index (χ1) is 12.8. The molecule has 0 unspecified atom stereocenters. The van der Waals surface area contributed by atoms with Gasteiger partial charge in [0.25, 0.3) is 0 Å². The summed E-state index contributed by atoms with van der Waals surface area (Å²) < 4.78 is 10.7. The minimum Gasteiger partial charge on any atom is -0.496 e. The molecule has 0 heterocycles. The maximum absolute atomic E-state index is 12.5. The molecule has 0 aliphatic heterocycles. The lowest BCUT2D eigenvalue weighted by Crippen LogP contribution is -2.12. The molecule has 0 atom stereocenters. The molecule has 0 spiro atoms. The van der Waals surface area contributed by atoms with Crippen molar-refractivity contribution in [2.45, 2.75) is 27.4 Å². The van der Waals surface area contributed by atoms with Crippen molar-refractivity contribution in [3.63, 3.8) is 0 Å². The van der Waals surface area contributed by atoms with Crippen LogP contribution < -0.4 is 15.4 Å². The van der Waals surface area contributed by atoms with E-state index in [1.165, 1.54) is 26.0 Å². The highest BCUT2D eigenvalue weighted by molar-refractivity contribution is 5.97. The zero-order valence-electron chi connectivity index (χ0n) is 15.7. The van der Waals surface area contributed by atoms with Gasteiger partial charge in [-0.05, 0) is 37.3 Å². The monoisotopic (exact) mass is 370 g/mol. The minimum absolute atomic E-state index is 0.0313. The fraction of sp³-hybridized carbons (Fsp3) is 0.250. The van der Waals surface area contributed by atoms with E-state index >= 15 is 0 Å². The van der Waals surface area contributed by atoms with Gasteiger partial charge in [0.1, 0.15) is 12.4 Å². The molecule has 2 aromatic rings. The number of benzene rings is 2. The molecule has 27 heavy (non-hydrogen) atoms. The van der Waals surface area contributed by atoms with Crippen molar-refractivity contribution >= 4 is 29.2 Å². The number of ether oxygens (including phenoxy) is 2. The fourth-order valence-corrected chi connectivity index (χ4v) is 2.54. The molecular weight excluding hydrogens is 348 g/mol. The van der Waals surface area contributed by atoms with E-state index in [2.05, 4.69) is 10.6 Å². The number of aryl methyl sites for hydroxylation is 1. The first kappa shape index (κ1) is 20.0. The number of amides is 2. The van der Waals surface area contributed by atoms with Gasteiger partial charge in [-0.15, -0.1) is 0 Å². The lowest BCUT2D eigenvalue weighted by molar-refractivity contribution is -0.115. The van der Waals surface area contributed by atoms with Crippen LogP contribution in [0.5, 0.6) is 5.75 Å². The van der Waals surface area contributed by atoms with Crippen LogP contribution in [0.15, 0.2) is 36.4 Å². The predicted octanol–water partition coefficient (Wildman–Crippen LogP) is 3.28. The average Bonchev–Trinajstić information content (AvgIpc) is 2.58. The van der Waals surface area contributed by atoms with Crippen LogP contribution in [-0.2, 0) is 20.9 Å². The summed E-state index contributed by atoms with van der Waals surface area (Å²) in [6.07, 6.45) is 0. The second-order valence-electron chi connectivity index (χ2n) is 6.05. The van der Waals surface area contributed by atoms with Crippen molar-refractivity contribution in [1.29, 1.82) is 0 Å². The average molecular weight is 370 g/mol. The Morgan fingerprint density at radius 3 is 2.04 bits per heavy atom. The van der Waals surface area contributed by atoms with E-state index in [1.54, 1.807) is 13.2 Å². The Morgan fingerprint density at radius 2 is 1.52 bits per heavy atom. The number of anilines is 2. The number of carbonyl (C=O) groups is 3. The Bertz CT molecular complexity index is 842. The fourth-order valence-electron chi connectivity index (χ4n) is 2.54. The second-order valence-corrected chi connectivity index (χ2v) is 6.05. The molecule has 0 fully saturated rings. The molecule has 2 aromatic carbocycles. The summed E-state index contributed by atoms with van der Waals surface area (Å²) in [4.78, 5) is 35.1. The normalized spacial score (nSPS) is 10.1. The summed E-state index contributed by atoms with van der Waals surface area (Å²) >= 11 is 0. The number of rotatable bonds is 6. The number of hydrogen-bond acceptors (Lipinski definition) is 5. The van der Waals surface area contributed by atoms with Crippen LogP contribution in [0.3, 0.4) is 0 Å². The summed E-state index contributed by atoms with van der Waals surface area (Å²) in [5, 5.41) is 5.19. The molecule has 0 saturated carbocycles. The van der Waals surface area contributed by atoms with Gasteiger partial charge in [-0.1, -0.05) is 11.6 Å². The molecule has 0 aliphatic rings. The first-order valence-electron chi connectivity index (χ1n) is 8.29. The molecule has 0 radical (unpaired) electrons. The number of esters is 1. The summed E-state index contributed by atoms with van der Waals surface area (Å²) in [6, 6.07) is 10.1. The van der Waals surface area contributed by atoms with E-state index in [0.717, 1.165) is 11.1 Å². The van der Waals surface area contributed by atoms with Crippen LogP contribution in [0.25, 0.3) is 0 Å². The molecule has 0 aromatic heterocycles. The van der Waals surface area contributed by atoms with Crippen molar-refractivity contribution in [3.8, 4) is 5.75 Å². The van der Waals surface area contributed by atoms with Crippen LogP contribution in [0.1, 0.15) is 35.3 Å². The smallest absolute Gasteiger partial charge is 0.338 e. The van der Waals surface area contributed by atoms with Crippen molar-refractivity contribution < 1.29 is 23.9 Å². The van der Waals surface area contributed by atoms with Gasteiger partial charge in [-0.25, -0.2) is 4.79 Å². The van der Waals surface area contributed by atoms with Crippen LogP contribution in [0, 0.1) is 6.92 Å². The Labute approximate surface area is 157 Å². The molecule has 2 amide bonds. The highest BCUT2D eigenvalue weighted by Gasteiger charge is 2.13. The molecule has 0 bridgehead atoms. The topological polar surface area (TPSA) is 93.7 Å². The van der Waals surface area contributed by atoms with Crippen LogP contribution in [0.2, 0.25) is 0 Å². The molecular formula is C20H22N2O5. The summed E-state index contributed by atoms with van der Waals surface area (Å²) in [7, 11) is 1.55. The third-order valence-corrected chi connectivity index (χ3v) is 3.60. The molecule has 7 nitrogen and oxygen atoms in total. The van der Waals surface area contributed by atoms with E-state index in [1.807, 2.05) is 25.1 Å². The van der Waals surface area contributed by atoms with Gasteiger partial charge in [0.15, 0.2) is 0 Å². The third-order valence-electron chi connectivity index (χ3n) is 3.60. The molecule has 0 saturated heterocycles. The molecule has 2 rings (SSSR count). The van der Waals surface area contributed by atoms with Crippen molar-refractivity contribution in [1.82, 2.24) is 0 Å². The standard InChI is InChI=1S/C20H22N2O5/c1-12-5-6-19(26-4)16(7-12)11-27-20(25)15-8-17(21-13(2)23)10-18(9-15)22-14(3)24/h5-10H,11H2,1-4H3,(H,21,23)(H,22,24). The number of nitrogens with one attached hydrogen (secondary N) is 2. The van der Waals surface area contributed by atoms with E-state index in [9.17, 15) is 14.4 Å². The zero-order chi connectivity index (χ0) is 20.0. The SMILES string of the molecule is COc1ccc(C)cc1COC(=O)c1cc(NC(C)=O)cc(NC(C)=O)c1. The van der Waals surface area contributed by atoms with E-state index in [-0.39, 0.29) is 24.0 Å². The number of hydrogen-bond donors (Lipinski definition) is 2. The lowest BCUT2D eigenvalue weighted by atomic mass is 10.1. The Hall–Kier alpha value is -3.35. The van der Waals surface area contributed by atoms with Gasteiger partial charge in [0.05, 0.1) is 12.7 Å². The molecule has 2 N–H and O–H groups in total. The van der Waals surface area contributed by atoms with Gasteiger partial charge in [0, 0.05) is 30.8 Å². The number of carbonyl (C=O) groups excluding carboxylic acids is 3. The van der Waals surface area contributed by atoms with Crippen LogP contribution in [-0.4, -0.2) is 24.9 Å². The van der Waals surface area contributed by atoms with Crippen molar-refractivity contribution in [2.75, 3.05) is 17.7 Å².